The van der Waals surface area contributed by atoms with E-state index >= 15 is 0 Å². The second kappa shape index (κ2) is 6.27. The lowest BCUT2D eigenvalue weighted by Crippen LogP contribution is -2.36. The third-order valence-electron chi connectivity index (χ3n) is 2.45. The number of hydrogen-bond acceptors (Lipinski definition) is 3. The zero-order valence-electron chi connectivity index (χ0n) is 11.1. The Morgan fingerprint density at radius 2 is 2.12 bits per heavy atom. The molecular formula is C12H22N4O. The van der Waals surface area contributed by atoms with Gasteiger partial charge in [-0.3, -0.25) is 0 Å². The lowest BCUT2D eigenvalue weighted by atomic mass is 10.1. The van der Waals surface area contributed by atoms with Gasteiger partial charge in [0.15, 0.2) is 5.96 Å². The summed E-state index contributed by atoms with van der Waals surface area (Å²) in [6.07, 6.45) is 1.68. The van der Waals surface area contributed by atoms with Crippen LogP contribution >= 0.6 is 0 Å². The first-order valence-corrected chi connectivity index (χ1v) is 6.11. The van der Waals surface area contributed by atoms with Crippen molar-refractivity contribution in [2.24, 2.45) is 10.7 Å². The third kappa shape index (κ3) is 3.76. The van der Waals surface area contributed by atoms with Gasteiger partial charge in [0.05, 0.1) is 12.2 Å². The molecule has 0 aliphatic carbocycles. The molecule has 96 valence electrons. The van der Waals surface area contributed by atoms with Gasteiger partial charge in [-0.1, -0.05) is 19.0 Å². The zero-order chi connectivity index (χ0) is 12.8. The maximum atomic E-state index is 5.76. The lowest BCUT2D eigenvalue weighted by molar-refractivity contribution is 0.380. The highest BCUT2D eigenvalue weighted by atomic mass is 16.5. The molecule has 0 atom stereocenters. The van der Waals surface area contributed by atoms with Crippen molar-refractivity contribution >= 4 is 5.96 Å². The Bertz CT molecular complexity index is 360. The van der Waals surface area contributed by atoms with Crippen molar-refractivity contribution in [2.75, 3.05) is 0 Å². The van der Waals surface area contributed by atoms with Crippen LogP contribution in [-0.4, -0.2) is 17.2 Å². The highest BCUT2D eigenvalue weighted by molar-refractivity contribution is 5.78. The van der Waals surface area contributed by atoms with Crippen LogP contribution in [0.15, 0.2) is 9.52 Å². The van der Waals surface area contributed by atoms with Crippen LogP contribution in [0.1, 0.15) is 44.7 Å². The van der Waals surface area contributed by atoms with Crippen molar-refractivity contribution in [3.05, 3.63) is 17.0 Å². The van der Waals surface area contributed by atoms with Crippen LogP contribution in [0.25, 0.3) is 0 Å². The van der Waals surface area contributed by atoms with Crippen molar-refractivity contribution in [3.8, 4) is 0 Å². The maximum Gasteiger partial charge on any atom is 0.189 e. The van der Waals surface area contributed by atoms with Crippen LogP contribution < -0.4 is 11.1 Å². The molecule has 1 aromatic rings. The Kier molecular flexibility index (Phi) is 5.00. The molecule has 0 fully saturated rings. The smallest absolute Gasteiger partial charge is 0.189 e. The van der Waals surface area contributed by atoms with Gasteiger partial charge < -0.3 is 15.6 Å². The first-order valence-electron chi connectivity index (χ1n) is 6.11. The van der Waals surface area contributed by atoms with E-state index < -0.39 is 0 Å². The number of nitrogens with one attached hydrogen (secondary N) is 1. The molecule has 0 saturated heterocycles. The summed E-state index contributed by atoms with van der Waals surface area (Å²) in [6, 6.07) is 0.289. The van der Waals surface area contributed by atoms with Crippen LogP contribution in [-0.2, 0) is 19.4 Å². The van der Waals surface area contributed by atoms with Crippen LogP contribution in [0.5, 0.6) is 0 Å². The highest BCUT2D eigenvalue weighted by Gasteiger charge is 2.12. The second-order valence-corrected chi connectivity index (χ2v) is 4.24. The summed E-state index contributed by atoms with van der Waals surface area (Å²) < 4.78 is 5.27. The topological polar surface area (TPSA) is 76.4 Å². The quantitative estimate of drug-likeness (QED) is 0.603. The van der Waals surface area contributed by atoms with Gasteiger partial charge >= 0.3 is 0 Å². The number of aliphatic imine (C=N–C) groups is 1. The minimum absolute atomic E-state index is 0.289. The predicted molar refractivity (Wildman–Crippen MR) is 68.9 cm³/mol. The fourth-order valence-corrected chi connectivity index (χ4v) is 1.62. The molecule has 3 N–H and O–H groups in total. The van der Waals surface area contributed by atoms with Gasteiger partial charge in [-0.05, 0) is 20.3 Å². The van der Waals surface area contributed by atoms with E-state index in [1.807, 2.05) is 20.8 Å². The molecule has 17 heavy (non-hydrogen) atoms. The van der Waals surface area contributed by atoms with Crippen LogP contribution in [0, 0.1) is 0 Å². The molecule has 5 heteroatoms. The van der Waals surface area contributed by atoms with Crippen molar-refractivity contribution in [1.29, 1.82) is 0 Å². The number of guanidine groups is 1. The van der Waals surface area contributed by atoms with Crippen molar-refractivity contribution in [2.45, 2.75) is 53.1 Å². The fraction of sp³-hybridized carbons (Fsp3) is 0.667. The Morgan fingerprint density at radius 1 is 1.41 bits per heavy atom. The van der Waals surface area contributed by atoms with Gasteiger partial charge in [-0.2, -0.15) is 0 Å². The van der Waals surface area contributed by atoms with Gasteiger partial charge in [-0.15, -0.1) is 0 Å². The van der Waals surface area contributed by atoms with E-state index in [1.165, 1.54) is 0 Å². The minimum atomic E-state index is 0.289. The molecule has 0 saturated carbocycles. The molecule has 0 aliphatic rings. The number of aromatic nitrogens is 1. The summed E-state index contributed by atoms with van der Waals surface area (Å²) in [5, 5.41) is 7.10. The monoisotopic (exact) mass is 238 g/mol. The van der Waals surface area contributed by atoms with E-state index in [2.05, 4.69) is 22.4 Å². The number of nitrogens with two attached hydrogens (primary N) is 1. The average Bonchev–Trinajstić information content (AvgIpc) is 2.67. The predicted octanol–water partition coefficient (Wildman–Crippen LogP) is 1.61. The normalized spacial score (nSPS) is 12.2. The molecule has 1 rings (SSSR count). The van der Waals surface area contributed by atoms with Gasteiger partial charge in [-0.25, -0.2) is 4.99 Å². The summed E-state index contributed by atoms with van der Waals surface area (Å²) in [5.74, 6) is 1.37. The van der Waals surface area contributed by atoms with Gasteiger partial charge in [0.25, 0.3) is 0 Å². The molecule has 1 heterocycles. The molecule has 1 aromatic heterocycles. The molecule has 0 aromatic carbocycles. The van der Waals surface area contributed by atoms with E-state index in [-0.39, 0.29) is 6.04 Å². The Labute approximate surface area is 102 Å². The van der Waals surface area contributed by atoms with Gasteiger partial charge in [0.1, 0.15) is 5.76 Å². The van der Waals surface area contributed by atoms with E-state index in [0.29, 0.717) is 12.5 Å². The lowest BCUT2D eigenvalue weighted by Gasteiger charge is -2.08. The summed E-state index contributed by atoms with van der Waals surface area (Å²) >= 11 is 0. The summed E-state index contributed by atoms with van der Waals surface area (Å²) in [6.45, 7) is 8.68. The number of hydrogen-bond donors (Lipinski definition) is 2. The molecule has 0 spiro atoms. The average molecular weight is 238 g/mol. The first-order chi connectivity index (χ1) is 8.08. The Morgan fingerprint density at radius 3 is 2.65 bits per heavy atom. The first kappa shape index (κ1) is 13.5. The molecule has 0 unspecified atom stereocenters. The number of aryl methyl sites for hydroxylation is 2. The standard InChI is InChI=1S/C12H22N4O/c1-5-10-9(11(6-2)17-16-10)7-14-12(13)15-8(3)4/h8H,5-7H2,1-4H3,(H3,13,14,15). The highest BCUT2D eigenvalue weighted by Crippen LogP contribution is 2.16. The van der Waals surface area contributed by atoms with E-state index in [1.54, 1.807) is 0 Å². The van der Waals surface area contributed by atoms with E-state index in [4.69, 9.17) is 10.3 Å². The molecule has 0 bridgehead atoms. The molecular weight excluding hydrogens is 216 g/mol. The Hall–Kier alpha value is -1.52. The summed E-state index contributed by atoms with van der Waals surface area (Å²) in [7, 11) is 0. The molecule has 5 nitrogen and oxygen atoms in total. The SMILES string of the molecule is CCc1noc(CC)c1CN=C(N)NC(C)C. The van der Waals surface area contributed by atoms with Gasteiger partial charge in [0.2, 0.25) is 0 Å². The molecule has 0 amide bonds. The molecule has 0 radical (unpaired) electrons. The zero-order valence-corrected chi connectivity index (χ0v) is 11.1. The van der Waals surface area contributed by atoms with Crippen LogP contribution in [0.4, 0.5) is 0 Å². The Balaban J connectivity index is 2.76. The van der Waals surface area contributed by atoms with Crippen molar-refractivity contribution in [3.63, 3.8) is 0 Å². The van der Waals surface area contributed by atoms with Crippen LogP contribution in [0.2, 0.25) is 0 Å². The number of rotatable bonds is 5. The second-order valence-electron chi connectivity index (χ2n) is 4.24. The fourth-order valence-electron chi connectivity index (χ4n) is 1.62. The summed E-state index contributed by atoms with van der Waals surface area (Å²) in [4.78, 5) is 4.31. The molecule has 0 aliphatic heterocycles. The van der Waals surface area contributed by atoms with Crippen molar-refractivity contribution < 1.29 is 4.52 Å². The van der Waals surface area contributed by atoms with Gasteiger partial charge in [0, 0.05) is 18.0 Å². The largest absolute Gasteiger partial charge is 0.370 e. The van der Waals surface area contributed by atoms with Crippen molar-refractivity contribution in [1.82, 2.24) is 10.5 Å². The van der Waals surface area contributed by atoms with E-state index in [9.17, 15) is 0 Å². The summed E-state index contributed by atoms with van der Waals surface area (Å²) in [5.41, 5.74) is 7.81. The van der Waals surface area contributed by atoms with E-state index in [0.717, 1.165) is 29.9 Å². The number of nitrogens with zero attached hydrogens (tertiary/aromatic N) is 2. The third-order valence-corrected chi connectivity index (χ3v) is 2.45. The van der Waals surface area contributed by atoms with Crippen LogP contribution in [0.3, 0.4) is 0 Å². The minimum Gasteiger partial charge on any atom is -0.370 e. The maximum absolute atomic E-state index is 5.76.